The fraction of sp³-hybridized carbons (Fsp3) is 0.462. The van der Waals surface area contributed by atoms with Gasteiger partial charge in [0.05, 0.1) is 6.07 Å². The van der Waals surface area contributed by atoms with Gasteiger partial charge in [-0.2, -0.15) is 0 Å². The molecule has 108 valence electrons. The Labute approximate surface area is 116 Å². The molecule has 0 aromatic carbocycles. The lowest BCUT2D eigenvalue weighted by atomic mass is 10.2. The Kier molecular flexibility index (Phi) is 4.52. The van der Waals surface area contributed by atoms with Crippen LogP contribution in [0.1, 0.15) is 37.9 Å². The molecule has 1 N–H and O–H groups in total. The zero-order valence-corrected chi connectivity index (χ0v) is 11.6. The third-order valence-corrected chi connectivity index (χ3v) is 2.96. The molecule has 0 saturated heterocycles. The fourth-order valence-corrected chi connectivity index (χ4v) is 2.13. The first kappa shape index (κ1) is 14.3. The zero-order valence-electron chi connectivity index (χ0n) is 11.6. The van der Waals surface area contributed by atoms with Crippen molar-refractivity contribution in [3.63, 3.8) is 0 Å². The maximum absolute atomic E-state index is 10.7. The van der Waals surface area contributed by atoms with Gasteiger partial charge in [-0.15, -0.1) is 0 Å². The van der Waals surface area contributed by atoms with Crippen LogP contribution in [-0.2, 0) is 6.54 Å². The van der Waals surface area contributed by atoms with Gasteiger partial charge in [0, 0.05) is 18.9 Å². The molecule has 0 aliphatic heterocycles. The summed E-state index contributed by atoms with van der Waals surface area (Å²) in [5, 5.41) is 14.0. The highest BCUT2D eigenvalue weighted by Gasteiger charge is 2.24. The second kappa shape index (κ2) is 6.33. The number of nitro groups is 1. The monoisotopic (exact) mass is 278 g/mol. The highest BCUT2D eigenvalue weighted by atomic mass is 16.6. The summed E-state index contributed by atoms with van der Waals surface area (Å²) < 4.78 is 7.33. The van der Waals surface area contributed by atoms with E-state index in [0.717, 1.165) is 18.8 Å². The number of rotatable bonds is 7. The SMILES string of the molecule is CCCn1ccnc1C(NCC)c1ccc([N+](=O)[O-])o1. The largest absolute Gasteiger partial charge is 0.433 e. The van der Waals surface area contributed by atoms with Crippen LogP contribution in [0.4, 0.5) is 5.88 Å². The Balaban J connectivity index is 2.34. The molecular weight excluding hydrogens is 260 g/mol. The molecule has 0 saturated carbocycles. The molecule has 20 heavy (non-hydrogen) atoms. The van der Waals surface area contributed by atoms with Crippen LogP contribution in [0.25, 0.3) is 0 Å². The highest BCUT2D eigenvalue weighted by Crippen LogP contribution is 2.26. The van der Waals surface area contributed by atoms with Crippen molar-refractivity contribution >= 4 is 5.88 Å². The topological polar surface area (TPSA) is 86.1 Å². The van der Waals surface area contributed by atoms with Crippen molar-refractivity contribution in [2.24, 2.45) is 0 Å². The second-order valence-corrected chi connectivity index (χ2v) is 4.40. The molecule has 2 aromatic rings. The Morgan fingerprint density at radius 3 is 2.90 bits per heavy atom. The van der Waals surface area contributed by atoms with E-state index in [-0.39, 0.29) is 11.9 Å². The average Bonchev–Trinajstić information content (AvgIpc) is 3.05. The predicted molar refractivity (Wildman–Crippen MR) is 73.4 cm³/mol. The summed E-state index contributed by atoms with van der Waals surface area (Å²) in [7, 11) is 0. The lowest BCUT2D eigenvalue weighted by Crippen LogP contribution is -2.25. The van der Waals surface area contributed by atoms with Gasteiger partial charge in [-0.1, -0.05) is 13.8 Å². The number of imidazole rings is 1. The first-order chi connectivity index (χ1) is 9.67. The van der Waals surface area contributed by atoms with Gasteiger partial charge in [0.15, 0.2) is 0 Å². The Morgan fingerprint density at radius 1 is 1.50 bits per heavy atom. The smallest absolute Gasteiger partial charge is 0.404 e. The Hall–Kier alpha value is -2.15. The number of hydrogen-bond donors (Lipinski definition) is 1. The van der Waals surface area contributed by atoms with Crippen molar-refractivity contribution in [1.29, 1.82) is 0 Å². The van der Waals surface area contributed by atoms with E-state index in [2.05, 4.69) is 17.2 Å². The predicted octanol–water partition coefficient (Wildman–Crippen LogP) is 2.49. The molecule has 7 nitrogen and oxygen atoms in total. The van der Waals surface area contributed by atoms with Crippen LogP contribution in [0.2, 0.25) is 0 Å². The van der Waals surface area contributed by atoms with Crippen LogP contribution in [0.15, 0.2) is 28.9 Å². The summed E-state index contributed by atoms with van der Waals surface area (Å²) in [5.74, 6) is 1.05. The molecule has 7 heteroatoms. The van der Waals surface area contributed by atoms with E-state index in [0.29, 0.717) is 12.3 Å². The minimum absolute atomic E-state index is 0.253. The van der Waals surface area contributed by atoms with Crippen molar-refractivity contribution in [2.75, 3.05) is 6.54 Å². The average molecular weight is 278 g/mol. The quantitative estimate of drug-likeness (QED) is 0.621. The molecule has 0 fully saturated rings. The standard InChI is InChI=1S/C13H18N4O3/c1-3-8-16-9-7-15-13(16)12(14-4-2)10-5-6-11(20-10)17(18)19/h5-7,9,12,14H,3-4,8H2,1-2H3. The van der Waals surface area contributed by atoms with Crippen molar-refractivity contribution < 1.29 is 9.34 Å². The third-order valence-electron chi connectivity index (χ3n) is 2.96. The van der Waals surface area contributed by atoms with Crippen LogP contribution in [-0.4, -0.2) is 21.0 Å². The van der Waals surface area contributed by atoms with Gasteiger partial charge < -0.3 is 14.3 Å². The highest BCUT2D eigenvalue weighted by molar-refractivity contribution is 5.24. The summed E-state index contributed by atoms with van der Waals surface area (Å²) in [6, 6.07) is 2.71. The molecule has 0 aliphatic carbocycles. The van der Waals surface area contributed by atoms with Crippen LogP contribution in [0.5, 0.6) is 0 Å². The van der Waals surface area contributed by atoms with Gasteiger partial charge in [-0.3, -0.25) is 10.1 Å². The van der Waals surface area contributed by atoms with Gasteiger partial charge in [0.1, 0.15) is 22.5 Å². The van der Waals surface area contributed by atoms with E-state index in [1.165, 1.54) is 6.07 Å². The van der Waals surface area contributed by atoms with Gasteiger partial charge >= 0.3 is 5.88 Å². The van der Waals surface area contributed by atoms with Crippen LogP contribution in [0.3, 0.4) is 0 Å². The summed E-state index contributed by atoms with van der Waals surface area (Å²) >= 11 is 0. The first-order valence-electron chi connectivity index (χ1n) is 6.65. The molecule has 0 radical (unpaired) electrons. The normalized spacial score (nSPS) is 12.5. The number of nitrogens with one attached hydrogen (secondary N) is 1. The lowest BCUT2D eigenvalue weighted by molar-refractivity contribution is -0.402. The van der Waals surface area contributed by atoms with Gasteiger partial charge in [-0.25, -0.2) is 4.98 Å². The maximum atomic E-state index is 10.7. The van der Waals surface area contributed by atoms with E-state index >= 15 is 0 Å². The van der Waals surface area contributed by atoms with Gasteiger partial charge in [-0.05, 0) is 19.0 Å². The zero-order chi connectivity index (χ0) is 14.5. The van der Waals surface area contributed by atoms with Crippen LogP contribution in [0, 0.1) is 10.1 Å². The van der Waals surface area contributed by atoms with Crippen molar-refractivity contribution in [3.05, 3.63) is 46.2 Å². The minimum atomic E-state index is -0.537. The summed E-state index contributed by atoms with van der Waals surface area (Å²) in [4.78, 5) is 14.5. The fourth-order valence-electron chi connectivity index (χ4n) is 2.13. The number of furan rings is 1. The van der Waals surface area contributed by atoms with Crippen LogP contribution < -0.4 is 5.32 Å². The number of aromatic nitrogens is 2. The minimum Gasteiger partial charge on any atom is -0.404 e. The molecule has 0 bridgehead atoms. The molecule has 1 atom stereocenters. The van der Waals surface area contributed by atoms with Gasteiger partial charge in [0.2, 0.25) is 0 Å². The first-order valence-corrected chi connectivity index (χ1v) is 6.65. The molecular formula is C13H18N4O3. The third kappa shape index (κ3) is 2.88. The molecule has 2 aromatic heterocycles. The molecule has 0 aliphatic rings. The Morgan fingerprint density at radius 2 is 2.30 bits per heavy atom. The maximum Gasteiger partial charge on any atom is 0.433 e. The number of nitrogens with zero attached hydrogens (tertiary/aromatic N) is 3. The van der Waals surface area contributed by atoms with E-state index in [1.54, 1.807) is 12.3 Å². The number of aryl methyl sites for hydroxylation is 1. The molecule has 1 unspecified atom stereocenters. The van der Waals surface area contributed by atoms with Crippen LogP contribution >= 0.6 is 0 Å². The van der Waals surface area contributed by atoms with Gasteiger partial charge in [0.25, 0.3) is 0 Å². The lowest BCUT2D eigenvalue weighted by Gasteiger charge is -2.16. The van der Waals surface area contributed by atoms with E-state index in [9.17, 15) is 10.1 Å². The summed E-state index contributed by atoms with van der Waals surface area (Å²) in [5.41, 5.74) is 0. The van der Waals surface area contributed by atoms with Crippen molar-refractivity contribution in [2.45, 2.75) is 32.9 Å². The molecule has 0 spiro atoms. The van der Waals surface area contributed by atoms with Crippen molar-refractivity contribution in [3.8, 4) is 0 Å². The number of hydrogen-bond acceptors (Lipinski definition) is 5. The summed E-state index contributed by atoms with van der Waals surface area (Å²) in [6.45, 7) is 5.61. The van der Waals surface area contributed by atoms with E-state index < -0.39 is 4.92 Å². The van der Waals surface area contributed by atoms with Crippen molar-refractivity contribution in [1.82, 2.24) is 14.9 Å². The molecule has 2 heterocycles. The van der Waals surface area contributed by atoms with E-state index in [1.807, 2.05) is 17.7 Å². The molecule has 2 rings (SSSR count). The second-order valence-electron chi connectivity index (χ2n) is 4.40. The molecule has 0 amide bonds. The van der Waals surface area contributed by atoms with E-state index in [4.69, 9.17) is 4.42 Å². The Bertz CT molecular complexity index is 576. The summed E-state index contributed by atoms with van der Waals surface area (Å²) in [6.07, 6.45) is 4.62.